The fourth-order valence-electron chi connectivity index (χ4n) is 13.4. The van der Waals surface area contributed by atoms with Gasteiger partial charge in [-0.05, 0) is 137 Å². The van der Waals surface area contributed by atoms with Gasteiger partial charge in [0.1, 0.15) is 34.7 Å². The number of nitrogens with zero attached hydrogens (tertiary/aromatic N) is 1. The molecule has 0 radical (unpaired) electrons. The van der Waals surface area contributed by atoms with Crippen molar-refractivity contribution in [1.29, 1.82) is 0 Å². The van der Waals surface area contributed by atoms with Gasteiger partial charge in [-0.15, -0.1) is 0 Å². The Labute approximate surface area is 403 Å². The van der Waals surface area contributed by atoms with Crippen LogP contribution in [0.4, 0.5) is 0 Å². The molecule has 1 saturated heterocycles. The molecule has 69 heavy (non-hydrogen) atoms. The third-order valence-electron chi connectivity index (χ3n) is 16.6. The summed E-state index contributed by atoms with van der Waals surface area (Å²) in [5.74, 6) is -3.05. The number of likely N-dealkylation sites (tertiary alicyclic amines) is 1. The number of hydrogen-bond donors (Lipinski definition) is 6. The van der Waals surface area contributed by atoms with Crippen molar-refractivity contribution in [1.82, 2.24) is 9.88 Å². The molecule has 2 bridgehead atoms. The molecule has 2 aromatic carbocycles. The number of carbonyl (C=O) groups excluding carboxylic acids is 3. The van der Waals surface area contributed by atoms with Gasteiger partial charge in [-0.2, -0.15) is 0 Å². The number of aromatic nitrogens is 1. The van der Waals surface area contributed by atoms with Crippen molar-refractivity contribution in [2.75, 3.05) is 59.8 Å². The maximum atomic E-state index is 14.6. The monoisotopic (exact) mass is 954 g/mol. The predicted octanol–water partition coefficient (Wildman–Crippen LogP) is 5.48. The second kappa shape index (κ2) is 21.0. The first kappa shape index (κ1) is 49.4. The van der Waals surface area contributed by atoms with E-state index in [2.05, 4.69) is 16.8 Å². The third-order valence-corrected chi connectivity index (χ3v) is 16.6. The highest BCUT2D eigenvalue weighted by atomic mass is 16.6. The van der Waals surface area contributed by atoms with E-state index in [1.165, 1.54) is 0 Å². The van der Waals surface area contributed by atoms with Gasteiger partial charge in [-0.1, -0.05) is 12.5 Å². The Morgan fingerprint density at radius 2 is 1.86 bits per heavy atom. The fourth-order valence-corrected chi connectivity index (χ4v) is 13.4. The van der Waals surface area contributed by atoms with Gasteiger partial charge in [0.2, 0.25) is 5.76 Å². The maximum Gasteiger partial charge on any atom is 0.375 e. The zero-order chi connectivity index (χ0) is 48.6. The number of esters is 1. The normalized spacial score (nSPS) is 29.1. The molecular weight excluding hydrogens is 885 g/mol. The number of allylic oxidation sites excluding steroid dienone is 3. The standard InChI is InChI=1S/C54H70N2O13/c1-4-44-36-12-11-35(8-6-18-57)54(64,42(36)14-17-56(44)16-7-19-65-3)45-24-39-49(68-45)41(28-61)51-47-46(40(27-60)52(69-51)53(63)66-5-2)33-20-34(26-59)48(62)38(22-33)37-21-32-13-15-55-43(32)23-31(37)10-9-30(25-58)29-67-50(39)47/h13,15,21,23,27,30,34-36,38,42,44-45,55,57-59,61,64H,4-12,14,16-20,22,24-26,28-29H2,1-3H3. The summed E-state index contributed by atoms with van der Waals surface area (Å²) in [4.78, 5) is 48.1. The lowest BCUT2D eigenvalue weighted by Gasteiger charge is -2.58. The molecule has 6 N–H and O–H groups in total. The summed E-state index contributed by atoms with van der Waals surface area (Å²) in [6.45, 7) is 4.91. The van der Waals surface area contributed by atoms with Crippen molar-refractivity contribution in [2.24, 2.45) is 29.6 Å². The van der Waals surface area contributed by atoms with Gasteiger partial charge >= 0.3 is 5.97 Å². The van der Waals surface area contributed by atoms with E-state index in [1.54, 1.807) is 14.0 Å². The highest BCUT2D eigenvalue weighted by Gasteiger charge is 2.60. The number of aryl methyl sites for hydroxylation is 1. The number of carbonyl (C=O) groups is 3. The van der Waals surface area contributed by atoms with Crippen LogP contribution >= 0.6 is 0 Å². The number of hydrogen-bond acceptors (Lipinski definition) is 14. The Balaban J connectivity index is 1.24. The summed E-state index contributed by atoms with van der Waals surface area (Å²) in [5, 5.41) is 58.2. The number of Topliss-reactive ketones (excluding diaryl/α,β-unsaturated/α-hetero) is 1. The van der Waals surface area contributed by atoms with Gasteiger partial charge in [0.15, 0.2) is 6.29 Å². The van der Waals surface area contributed by atoms with Crippen molar-refractivity contribution >= 4 is 34.5 Å². The van der Waals surface area contributed by atoms with E-state index in [1.807, 2.05) is 24.4 Å². The van der Waals surface area contributed by atoms with Crippen molar-refractivity contribution in [2.45, 2.75) is 121 Å². The topological polar surface area (TPSA) is 218 Å². The molecule has 15 heteroatoms. The van der Waals surface area contributed by atoms with E-state index in [4.69, 9.17) is 23.7 Å². The molecule has 3 fully saturated rings. The second-order valence-corrected chi connectivity index (χ2v) is 20.2. The number of aliphatic hydroxyl groups excluding tert-OH is 4. The third kappa shape index (κ3) is 8.73. The van der Waals surface area contributed by atoms with Gasteiger partial charge in [0.25, 0.3) is 0 Å². The lowest BCUT2D eigenvalue weighted by Crippen LogP contribution is -2.65. The number of aliphatic hydroxyl groups is 5. The number of piperidine rings is 1. The van der Waals surface area contributed by atoms with Crippen LogP contribution in [0.3, 0.4) is 0 Å². The zero-order valence-electron chi connectivity index (χ0n) is 40.3. The molecule has 9 rings (SSSR count). The summed E-state index contributed by atoms with van der Waals surface area (Å²) in [6, 6.07) is 6.23. The van der Waals surface area contributed by atoms with Gasteiger partial charge in [0.05, 0.1) is 43.1 Å². The second-order valence-electron chi connectivity index (χ2n) is 20.2. The minimum atomic E-state index is -1.37. The molecular formula is C54H70N2O13. The lowest BCUT2D eigenvalue weighted by atomic mass is 9.55. The molecule has 9 atom stereocenters. The molecule has 2 aliphatic carbocycles. The van der Waals surface area contributed by atoms with E-state index in [0.717, 1.165) is 67.2 Å². The van der Waals surface area contributed by atoms with Crippen LogP contribution < -0.4 is 14.2 Å². The van der Waals surface area contributed by atoms with Crippen LogP contribution in [0.1, 0.15) is 112 Å². The van der Waals surface area contributed by atoms with E-state index in [-0.39, 0.29) is 104 Å². The number of ketones is 1. The largest absolute Gasteiger partial charge is 0.492 e. The summed E-state index contributed by atoms with van der Waals surface area (Å²) in [5.41, 5.74) is 3.09. The quantitative estimate of drug-likeness (QED) is 0.0632. The fraction of sp³-hybridized carbons (Fsp3) is 0.611. The van der Waals surface area contributed by atoms with Crippen molar-refractivity contribution in [3.63, 3.8) is 0 Å². The Morgan fingerprint density at radius 3 is 2.58 bits per heavy atom. The average Bonchev–Trinajstić information content (AvgIpc) is 4.03. The minimum absolute atomic E-state index is 0.0166. The minimum Gasteiger partial charge on any atom is -0.492 e. The van der Waals surface area contributed by atoms with E-state index in [0.29, 0.717) is 60.8 Å². The smallest absolute Gasteiger partial charge is 0.375 e. The summed E-state index contributed by atoms with van der Waals surface area (Å²) < 4.78 is 31.6. The van der Waals surface area contributed by atoms with Crippen LogP contribution in [0.25, 0.3) is 16.5 Å². The Kier molecular flexibility index (Phi) is 15.0. The zero-order valence-corrected chi connectivity index (χ0v) is 40.3. The van der Waals surface area contributed by atoms with Crippen LogP contribution in [0.15, 0.2) is 41.3 Å². The molecule has 374 valence electrons. The van der Waals surface area contributed by atoms with Crippen LogP contribution in [0, 0.1) is 29.6 Å². The summed E-state index contributed by atoms with van der Waals surface area (Å²) in [7, 11) is 1.72. The summed E-state index contributed by atoms with van der Waals surface area (Å²) in [6.07, 6.45) is 8.27. The molecule has 9 unspecified atom stereocenters. The number of rotatable bonds is 15. The lowest BCUT2D eigenvalue weighted by molar-refractivity contribution is -0.195. The highest BCUT2D eigenvalue weighted by molar-refractivity contribution is 6.11. The average molecular weight is 955 g/mol. The van der Waals surface area contributed by atoms with Crippen molar-refractivity contribution < 1.29 is 63.6 Å². The van der Waals surface area contributed by atoms with E-state index < -0.39 is 54.4 Å². The van der Waals surface area contributed by atoms with Crippen LogP contribution in [-0.4, -0.2) is 131 Å². The number of H-pyrrole nitrogens is 1. The number of aromatic amines is 1. The summed E-state index contributed by atoms with van der Waals surface area (Å²) >= 11 is 0. The highest BCUT2D eigenvalue weighted by Crippen LogP contribution is 2.60. The molecule has 6 aliphatic rings. The van der Waals surface area contributed by atoms with Gasteiger partial charge < -0.3 is 59.1 Å². The van der Waals surface area contributed by atoms with Crippen LogP contribution in [-0.2, 0) is 43.3 Å². The first-order valence-electron chi connectivity index (χ1n) is 25.4. The number of ether oxygens (including phenoxy) is 5. The number of fused-ring (bicyclic) bond motifs is 8. The first-order valence-corrected chi connectivity index (χ1v) is 25.4. The van der Waals surface area contributed by atoms with Crippen molar-refractivity contribution in [3.8, 4) is 17.2 Å². The van der Waals surface area contributed by atoms with E-state index >= 15 is 0 Å². The van der Waals surface area contributed by atoms with Crippen LogP contribution in [0.5, 0.6) is 17.2 Å². The Bertz CT molecular complexity index is 2480. The SMILES string of the molecule is CCOC(=O)C1=C(C=O)C2=C3CC(CO)C(=O)C(C3)c3cc4cc[nH]c4cc3CCC(CO)COc3c4c(c(CO)c(c32)O1)OC(C1(O)C(CCCO)CCC2C(CC)N(CCCOC)CCC21)C4. The molecule has 1 aromatic heterocycles. The maximum absolute atomic E-state index is 14.6. The molecule has 0 amide bonds. The van der Waals surface area contributed by atoms with Gasteiger partial charge in [0, 0.05) is 86.5 Å². The Hall–Kier alpha value is -4.61. The number of nitrogens with one attached hydrogen (secondary N) is 1. The molecule has 0 spiro atoms. The molecule has 5 heterocycles. The van der Waals surface area contributed by atoms with Crippen LogP contribution in [0.2, 0.25) is 0 Å². The Morgan fingerprint density at radius 1 is 1.01 bits per heavy atom. The van der Waals surface area contributed by atoms with Crippen molar-refractivity contribution in [3.05, 3.63) is 69.1 Å². The molecule has 3 aromatic rings. The molecule has 15 nitrogen and oxygen atoms in total. The number of methoxy groups -OCH3 is 1. The number of aldehydes is 1. The van der Waals surface area contributed by atoms with E-state index in [9.17, 15) is 39.9 Å². The predicted molar refractivity (Wildman–Crippen MR) is 256 cm³/mol. The van der Waals surface area contributed by atoms with Gasteiger partial charge in [-0.3, -0.25) is 9.59 Å². The first-order chi connectivity index (χ1) is 33.6. The molecule has 4 aliphatic heterocycles. The van der Waals surface area contributed by atoms with Gasteiger partial charge in [-0.25, -0.2) is 4.79 Å². The molecule has 2 saturated carbocycles. The number of benzene rings is 2.